The Morgan fingerprint density at radius 1 is 1.18 bits per heavy atom. The molecule has 0 radical (unpaired) electrons. The molecule has 0 saturated carbocycles. The van der Waals surface area contributed by atoms with E-state index in [-0.39, 0.29) is 0 Å². The van der Waals surface area contributed by atoms with Gasteiger partial charge in [0.1, 0.15) is 0 Å². The van der Waals surface area contributed by atoms with E-state index in [1.165, 1.54) is 32.1 Å². The van der Waals surface area contributed by atoms with Gasteiger partial charge in [0, 0.05) is 12.1 Å². The summed E-state index contributed by atoms with van der Waals surface area (Å²) >= 11 is 0. The topological polar surface area (TPSA) is 3.24 Å². The smallest absolute Gasteiger partial charge is 0.0603 e. The summed E-state index contributed by atoms with van der Waals surface area (Å²) in [6.07, 6.45) is 12.3. The van der Waals surface area contributed by atoms with Crippen molar-refractivity contribution >= 4 is 0 Å². The van der Waals surface area contributed by atoms with E-state index < -0.39 is 0 Å². The Labute approximate surface area is 68.8 Å². The summed E-state index contributed by atoms with van der Waals surface area (Å²) in [6.45, 7) is 0.884. The van der Waals surface area contributed by atoms with Crippen LogP contribution >= 0.6 is 0 Å². The number of terminal acetylenes is 1. The number of fused-ring (bicyclic) bond motifs is 2. The molecular weight excluding hydrogens is 134 g/mol. The van der Waals surface area contributed by atoms with E-state index in [2.05, 4.69) is 10.8 Å². The van der Waals surface area contributed by atoms with Gasteiger partial charge in [0.05, 0.1) is 6.54 Å². The zero-order valence-corrected chi connectivity index (χ0v) is 6.92. The van der Waals surface area contributed by atoms with E-state index in [1.54, 1.807) is 0 Å². The molecule has 0 aromatic heterocycles. The van der Waals surface area contributed by atoms with Crippen molar-refractivity contribution in [3.05, 3.63) is 0 Å². The Kier molecular flexibility index (Phi) is 1.87. The van der Waals surface area contributed by atoms with Crippen LogP contribution in [0.2, 0.25) is 0 Å². The zero-order valence-electron chi connectivity index (χ0n) is 6.92. The van der Waals surface area contributed by atoms with E-state index in [0.717, 1.165) is 18.6 Å². The van der Waals surface area contributed by atoms with Crippen LogP contribution in [0.4, 0.5) is 0 Å². The zero-order chi connectivity index (χ0) is 7.68. The van der Waals surface area contributed by atoms with Crippen molar-refractivity contribution in [2.24, 2.45) is 0 Å². The molecule has 11 heavy (non-hydrogen) atoms. The van der Waals surface area contributed by atoms with Crippen molar-refractivity contribution < 1.29 is 0 Å². The highest BCUT2D eigenvalue weighted by Crippen LogP contribution is 2.34. The van der Waals surface area contributed by atoms with Gasteiger partial charge in [0.25, 0.3) is 0 Å². The lowest BCUT2D eigenvalue weighted by Crippen LogP contribution is -2.39. The Bertz CT molecular complexity index is 164. The first kappa shape index (κ1) is 7.18. The van der Waals surface area contributed by atoms with Gasteiger partial charge in [0.15, 0.2) is 0 Å². The second-order valence-corrected chi connectivity index (χ2v) is 3.69. The first-order chi connectivity index (χ1) is 5.42. The standard InChI is InChI=1S/C10H15N/c1-2-8-11-9-4-3-5-10(11)7-6-9/h1,9-10H,3-8H2. The highest BCUT2D eigenvalue weighted by atomic mass is 15.2. The predicted octanol–water partition coefficient (Wildman–Crippen LogP) is 1.64. The van der Waals surface area contributed by atoms with Crippen LogP contribution < -0.4 is 0 Å². The average Bonchev–Trinajstić information content (AvgIpc) is 2.30. The Morgan fingerprint density at radius 3 is 2.36 bits per heavy atom. The molecule has 0 N–H and O–H groups in total. The maximum atomic E-state index is 5.32. The minimum absolute atomic E-state index is 0.838. The monoisotopic (exact) mass is 149 g/mol. The molecule has 2 bridgehead atoms. The maximum absolute atomic E-state index is 5.32. The number of hydrogen-bond donors (Lipinski definition) is 0. The molecule has 2 aliphatic rings. The van der Waals surface area contributed by atoms with Crippen molar-refractivity contribution in [1.82, 2.24) is 4.90 Å². The summed E-state index contributed by atoms with van der Waals surface area (Å²) in [4.78, 5) is 2.53. The average molecular weight is 149 g/mol. The fourth-order valence-corrected chi connectivity index (χ4v) is 2.59. The van der Waals surface area contributed by atoms with Gasteiger partial charge in [-0.15, -0.1) is 6.42 Å². The maximum Gasteiger partial charge on any atom is 0.0603 e. The molecule has 1 heteroatoms. The van der Waals surface area contributed by atoms with Gasteiger partial charge >= 0.3 is 0 Å². The van der Waals surface area contributed by atoms with E-state index >= 15 is 0 Å². The van der Waals surface area contributed by atoms with E-state index in [9.17, 15) is 0 Å². The van der Waals surface area contributed by atoms with E-state index in [1.807, 2.05) is 0 Å². The largest absolute Gasteiger partial charge is 0.286 e. The minimum Gasteiger partial charge on any atom is -0.286 e. The Morgan fingerprint density at radius 2 is 1.82 bits per heavy atom. The van der Waals surface area contributed by atoms with Gasteiger partial charge in [-0.25, -0.2) is 0 Å². The summed E-state index contributed by atoms with van der Waals surface area (Å²) in [5.41, 5.74) is 0. The van der Waals surface area contributed by atoms with Gasteiger partial charge in [-0.05, 0) is 25.7 Å². The third kappa shape index (κ3) is 1.16. The molecule has 0 spiro atoms. The number of hydrogen-bond acceptors (Lipinski definition) is 1. The Hall–Kier alpha value is -0.480. The first-order valence-electron chi connectivity index (χ1n) is 4.61. The second-order valence-electron chi connectivity index (χ2n) is 3.69. The molecule has 2 unspecified atom stereocenters. The molecule has 0 aromatic rings. The minimum atomic E-state index is 0.838. The molecule has 0 aliphatic carbocycles. The van der Waals surface area contributed by atoms with Crippen LogP contribution in [0.5, 0.6) is 0 Å². The van der Waals surface area contributed by atoms with Crippen LogP contribution in [0.25, 0.3) is 0 Å². The van der Waals surface area contributed by atoms with Crippen LogP contribution in [-0.2, 0) is 0 Å². The molecular formula is C10H15N. The third-order valence-corrected chi connectivity index (χ3v) is 3.12. The summed E-state index contributed by atoms with van der Waals surface area (Å²) in [6, 6.07) is 1.68. The lowest BCUT2D eigenvalue weighted by molar-refractivity contribution is 0.160. The van der Waals surface area contributed by atoms with Crippen molar-refractivity contribution in [3.63, 3.8) is 0 Å². The molecule has 1 nitrogen and oxygen atoms in total. The van der Waals surface area contributed by atoms with Crippen LogP contribution in [-0.4, -0.2) is 23.5 Å². The molecule has 2 fully saturated rings. The van der Waals surface area contributed by atoms with Gasteiger partial charge < -0.3 is 0 Å². The van der Waals surface area contributed by atoms with Crippen LogP contribution in [0.15, 0.2) is 0 Å². The molecule has 2 heterocycles. The molecule has 0 amide bonds. The van der Waals surface area contributed by atoms with Crippen molar-refractivity contribution in [2.45, 2.75) is 44.2 Å². The van der Waals surface area contributed by atoms with Crippen molar-refractivity contribution in [3.8, 4) is 12.3 Å². The van der Waals surface area contributed by atoms with Crippen molar-refractivity contribution in [1.29, 1.82) is 0 Å². The predicted molar refractivity (Wildman–Crippen MR) is 46.2 cm³/mol. The van der Waals surface area contributed by atoms with Gasteiger partial charge in [-0.1, -0.05) is 12.3 Å². The van der Waals surface area contributed by atoms with Gasteiger partial charge in [-0.3, -0.25) is 4.90 Å². The molecule has 2 rings (SSSR count). The highest BCUT2D eigenvalue weighted by molar-refractivity contribution is 4.98. The second kappa shape index (κ2) is 2.87. The normalized spacial score (nSPS) is 37.0. The summed E-state index contributed by atoms with van der Waals surface area (Å²) in [7, 11) is 0. The fraction of sp³-hybridized carbons (Fsp3) is 0.800. The third-order valence-electron chi connectivity index (χ3n) is 3.12. The van der Waals surface area contributed by atoms with Gasteiger partial charge in [0.2, 0.25) is 0 Å². The summed E-state index contributed by atoms with van der Waals surface area (Å²) < 4.78 is 0. The summed E-state index contributed by atoms with van der Waals surface area (Å²) in [5, 5.41) is 0. The molecule has 2 atom stereocenters. The van der Waals surface area contributed by atoms with Crippen molar-refractivity contribution in [2.75, 3.05) is 6.54 Å². The van der Waals surface area contributed by atoms with Crippen LogP contribution in [0.3, 0.4) is 0 Å². The number of piperidine rings is 1. The van der Waals surface area contributed by atoms with E-state index in [4.69, 9.17) is 6.42 Å². The number of nitrogens with zero attached hydrogens (tertiary/aromatic N) is 1. The highest BCUT2D eigenvalue weighted by Gasteiger charge is 2.35. The molecule has 2 aliphatic heterocycles. The lowest BCUT2D eigenvalue weighted by atomic mass is 10.0. The quantitative estimate of drug-likeness (QED) is 0.512. The molecule has 2 saturated heterocycles. The van der Waals surface area contributed by atoms with Crippen LogP contribution in [0.1, 0.15) is 32.1 Å². The van der Waals surface area contributed by atoms with E-state index in [0.29, 0.717) is 0 Å². The Balaban J connectivity index is 2.04. The lowest BCUT2D eigenvalue weighted by Gasteiger charge is -2.32. The SMILES string of the molecule is C#CCN1C2CCCC1CC2. The first-order valence-corrected chi connectivity index (χ1v) is 4.61. The fourth-order valence-electron chi connectivity index (χ4n) is 2.59. The molecule has 0 aromatic carbocycles. The van der Waals surface area contributed by atoms with Gasteiger partial charge in [-0.2, -0.15) is 0 Å². The summed E-state index contributed by atoms with van der Waals surface area (Å²) in [5.74, 6) is 2.76. The molecule has 60 valence electrons. The van der Waals surface area contributed by atoms with Crippen LogP contribution in [0, 0.1) is 12.3 Å². The number of rotatable bonds is 1.